The number of thioether (sulfide) groups is 1. The van der Waals surface area contributed by atoms with Crippen LogP contribution in [0.4, 0.5) is 0 Å². The molecule has 1 saturated carbocycles. The Balaban J connectivity index is 1.20. The van der Waals surface area contributed by atoms with Crippen molar-refractivity contribution in [3.05, 3.63) is 45.9 Å². The number of nitrogens with zero attached hydrogens (tertiary/aromatic N) is 5. The summed E-state index contributed by atoms with van der Waals surface area (Å²) in [5.41, 5.74) is 2.32. The summed E-state index contributed by atoms with van der Waals surface area (Å²) >= 11 is 1.89. The lowest BCUT2D eigenvalue weighted by atomic mass is 10.0. The van der Waals surface area contributed by atoms with E-state index in [1.54, 1.807) is 10.7 Å². The van der Waals surface area contributed by atoms with E-state index >= 15 is 0 Å². The SMILES string of the molecule is O=c1cc2c(nn1CC1CN(Cc3nccn3C3CC3)C1)CCSC2. The maximum Gasteiger partial charge on any atom is 0.267 e. The van der Waals surface area contributed by atoms with Crippen molar-refractivity contribution < 1.29 is 0 Å². The number of hydrogen-bond donors (Lipinski definition) is 0. The second kappa shape index (κ2) is 6.29. The molecule has 2 aliphatic heterocycles. The first-order valence-electron chi connectivity index (χ1n) is 9.18. The van der Waals surface area contributed by atoms with E-state index in [4.69, 9.17) is 0 Å². The van der Waals surface area contributed by atoms with E-state index in [1.165, 1.54) is 18.7 Å². The predicted molar refractivity (Wildman–Crippen MR) is 97.6 cm³/mol. The van der Waals surface area contributed by atoms with Crippen LogP contribution >= 0.6 is 11.8 Å². The van der Waals surface area contributed by atoms with Crippen molar-refractivity contribution in [2.24, 2.45) is 5.92 Å². The summed E-state index contributed by atoms with van der Waals surface area (Å²) < 4.78 is 4.03. The van der Waals surface area contributed by atoms with E-state index < -0.39 is 0 Å². The lowest BCUT2D eigenvalue weighted by molar-refractivity contribution is 0.0727. The Morgan fingerprint density at radius 1 is 1.28 bits per heavy atom. The van der Waals surface area contributed by atoms with Crippen LogP contribution in [0.5, 0.6) is 0 Å². The monoisotopic (exact) mass is 357 g/mol. The molecule has 0 aromatic carbocycles. The summed E-state index contributed by atoms with van der Waals surface area (Å²) in [5.74, 6) is 3.75. The van der Waals surface area contributed by atoms with Gasteiger partial charge in [0.05, 0.1) is 18.8 Å². The quantitative estimate of drug-likeness (QED) is 0.815. The van der Waals surface area contributed by atoms with Crippen molar-refractivity contribution >= 4 is 11.8 Å². The highest BCUT2D eigenvalue weighted by Gasteiger charge is 2.31. The second-order valence-electron chi connectivity index (χ2n) is 7.48. The first-order valence-corrected chi connectivity index (χ1v) is 10.3. The molecule has 132 valence electrons. The van der Waals surface area contributed by atoms with Crippen LogP contribution in [0.25, 0.3) is 0 Å². The van der Waals surface area contributed by atoms with Crippen LogP contribution in [0.1, 0.15) is 36.0 Å². The Bertz CT molecular complexity index is 834. The normalized spacial score (nSPS) is 21.1. The number of aryl methyl sites for hydroxylation is 1. The van der Waals surface area contributed by atoms with Crippen LogP contribution < -0.4 is 5.56 Å². The summed E-state index contributed by atoms with van der Waals surface area (Å²) in [5, 5.41) is 4.64. The minimum atomic E-state index is 0.0592. The largest absolute Gasteiger partial charge is 0.331 e. The number of likely N-dealkylation sites (tertiary alicyclic amines) is 1. The third-order valence-corrected chi connectivity index (χ3v) is 6.43. The number of imidazole rings is 1. The van der Waals surface area contributed by atoms with Gasteiger partial charge in [-0.2, -0.15) is 16.9 Å². The molecule has 5 rings (SSSR count). The van der Waals surface area contributed by atoms with Gasteiger partial charge in [0.25, 0.3) is 5.56 Å². The molecule has 4 heterocycles. The smallest absolute Gasteiger partial charge is 0.267 e. The zero-order valence-electron chi connectivity index (χ0n) is 14.3. The van der Waals surface area contributed by atoms with Gasteiger partial charge < -0.3 is 4.57 Å². The summed E-state index contributed by atoms with van der Waals surface area (Å²) in [4.78, 5) is 19.2. The number of rotatable bonds is 5. The molecule has 2 aromatic heterocycles. The molecule has 25 heavy (non-hydrogen) atoms. The zero-order valence-corrected chi connectivity index (χ0v) is 15.1. The van der Waals surface area contributed by atoms with E-state index in [0.717, 1.165) is 55.4 Å². The highest BCUT2D eigenvalue weighted by molar-refractivity contribution is 7.98. The topological polar surface area (TPSA) is 56.0 Å². The molecule has 6 nitrogen and oxygen atoms in total. The third kappa shape index (κ3) is 3.15. The van der Waals surface area contributed by atoms with Crippen molar-refractivity contribution in [2.45, 2.75) is 44.1 Å². The Morgan fingerprint density at radius 3 is 3.00 bits per heavy atom. The first-order chi connectivity index (χ1) is 12.3. The maximum atomic E-state index is 12.3. The molecule has 3 aliphatic rings. The molecule has 0 unspecified atom stereocenters. The molecule has 1 saturated heterocycles. The van der Waals surface area contributed by atoms with Gasteiger partial charge >= 0.3 is 0 Å². The summed E-state index contributed by atoms with van der Waals surface area (Å²) in [6.07, 6.45) is 7.59. The molecule has 0 radical (unpaired) electrons. The van der Waals surface area contributed by atoms with E-state index in [2.05, 4.69) is 25.7 Å². The number of hydrogen-bond acceptors (Lipinski definition) is 5. The number of fused-ring (bicyclic) bond motifs is 1. The fourth-order valence-electron chi connectivity index (χ4n) is 3.90. The van der Waals surface area contributed by atoms with Crippen LogP contribution in [0, 0.1) is 5.92 Å². The van der Waals surface area contributed by atoms with E-state index in [9.17, 15) is 4.79 Å². The van der Waals surface area contributed by atoms with E-state index in [0.29, 0.717) is 12.0 Å². The molecular weight excluding hydrogens is 334 g/mol. The van der Waals surface area contributed by atoms with Crippen molar-refractivity contribution in [1.29, 1.82) is 0 Å². The zero-order chi connectivity index (χ0) is 16.8. The first kappa shape index (κ1) is 15.6. The summed E-state index contributed by atoms with van der Waals surface area (Å²) in [6.45, 7) is 3.72. The Labute approximate surface area is 151 Å². The van der Waals surface area contributed by atoms with Crippen molar-refractivity contribution in [1.82, 2.24) is 24.2 Å². The molecule has 0 spiro atoms. The highest BCUT2D eigenvalue weighted by atomic mass is 32.2. The average Bonchev–Trinajstić information content (AvgIpc) is 3.32. The lowest BCUT2D eigenvalue weighted by Crippen LogP contribution is -2.49. The van der Waals surface area contributed by atoms with Gasteiger partial charge in [0.15, 0.2) is 0 Å². The van der Waals surface area contributed by atoms with Gasteiger partial charge in [0.2, 0.25) is 0 Å². The van der Waals surface area contributed by atoms with Gasteiger partial charge in [0, 0.05) is 55.7 Å². The van der Waals surface area contributed by atoms with Gasteiger partial charge in [0.1, 0.15) is 5.82 Å². The summed E-state index contributed by atoms with van der Waals surface area (Å²) in [6, 6.07) is 2.49. The molecule has 0 atom stereocenters. The van der Waals surface area contributed by atoms with Crippen LogP contribution in [-0.4, -0.2) is 43.1 Å². The van der Waals surface area contributed by atoms with Gasteiger partial charge in [-0.1, -0.05) is 0 Å². The predicted octanol–water partition coefficient (Wildman–Crippen LogP) is 1.70. The van der Waals surface area contributed by atoms with Crippen LogP contribution in [0.2, 0.25) is 0 Å². The fraction of sp³-hybridized carbons (Fsp3) is 0.611. The molecule has 7 heteroatoms. The molecule has 0 bridgehead atoms. The lowest BCUT2D eigenvalue weighted by Gasteiger charge is -2.39. The van der Waals surface area contributed by atoms with Gasteiger partial charge in [-0.05, 0) is 24.2 Å². The van der Waals surface area contributed by atoms with Gasteiger partial charge in [-0.15, -0.1) is 0 Å². The van der Waals surface area contributed by atoms with Crippen molar-refractivity contribution in [2.75, 3.05) is 18.8 Å². The third-order valence-electron chi connectivity index (χ3n) is 5.42. The van der Waals surface area contributed by atoms with Crippen LogP contribution in [0.15, 0.2) is 23.3 Å². The van der Waals surface area contributed by atoms with Crippen molar-refractivity contribution in [3.8, 4) is 0 Å². The molecule has 0 N–H and O–H groups in total. The van der Waals surface area contributed by atoms with Crippen molar-refractivity contribution in [3.63, 3.8) is 0 Å². The Morgan fingerprint density at radius 2 is 2.16 bits per heavy atom. The summed E-state index contributed by atoms with van der Waals surface area (Å²) in [7, 11) is 0. The van der Waals surface area contributed by atoms with Gasteiger partial charge in [-0.3, -0.25) is 9.69 Å². The Kier molecular flexibility index (Phi) is 3.93. The standard InChI is InChI=1S/C18H23N5OS/c24-18-7-14-12-25-6-3-16(14)20-23(18)10-13-8-21(9-13)11-17-19-4-5-22(17)15-1-2-15/h4-5,7,13,15H,1-3,6,8-12H2. The van der Waals surface area contributed by atoms with E-state index in [-0.39, 0.29) is 5.56 Å². The molecule has 2 fully saturated rings. The Hall–Kier alpha value is -1.60. The van der Waals surface area contributed by atoms with E-state index in [1.807, 2.05) is 18.0 Å². The van der Waals surface area contributed by atoms with Gasteiger partial charge in [-0.25, -0.2) is 9.67 Å². The average molecular weight is 357 g/mol. The maximum absolute atomic E-state index is 12.3. The van der Waals surface area contributed by atoms with Crippen LogP contribution in [0.3, 0.4) is 0 Å². The molecule has 2 aromatic rings. The van der Waals surface area contributed by atoms with Crippen LogP contribution in [-0.2, 0) is 25.3 Å². The highest BCUT2D eigenvalue weighted by Crippen LogP contribution is 2.36. The molecule has 0 amide bonds. The minimum absolute atomic E-state index is 0.0592. The fourth-order valence-corrected chi connectivity index (χ4v) is 4.85. The second-order valence-corrected chi connectivity index (χ2v) is 8.59. The molecular formula is C18H23N5OS. The molecule has 1 aliphatic carbocycles. The minimum Gasteiger partial charge on any atom is -0.331 e. The number of aromatic nitrogens is 4.